The van der Waals surface area contributed by atoms with Crippen LogP contribution in [0.15, 0.2) is 11.4 Å². The highest BCUT2D eigenvalue weighted by Crippen LogP contribution is 2.28. The molecular formula is C13H18ClNO2S. The number of hydrogen-bond acceptors (Lipinski definition) is 3. The van der Waals surface area contributed by atoms with Crippen molar-refractivity contribution < 1.29 is 9.90 Å². The number of thiophene rings is 1. The Bertz CT molecular complexity index is 399. The van der Waals surface area contributed by atoms with Gasteiger partial charge < -0.3 is 10.4 Å². The van der Waals surface area contributed by atoms with Gasteiger partial charge in [0.15, 0.2) is 0 Å². The van der Waals surface area contributed by atoms with Gasteiger partial charge in [0.05, 0.1) is 10.9 Å². The highest BCUT2D eigenvalue weighted by molar-refractivity contribution is 7.10. The molecule has 2 rings (SSSR count). The molecule has 0 amide bonds. The molecule has 1 heterocycles. The molecule has 1 saturated carbocycles. The van der Waals surface area contributed by atoms with Crippen LogP contribution in [0.1, 0.15) is 30.6 Å². The van der Waals surface area contributed by atoms with Crippen LogP contribution in [-0.2, 0) is 11.3 Å². The summed E-state index contributed by atoms with van der Waals surface area (Å²) in [6.45, 7) is 1.83. The number of nitrogens with one attached hydrogen (secondary N) is 1. The van der Waals surface area contributed by atoms with E-state index in [1.54, 1.807) is 11.3 Å². The van der Waals surface area contributed by atoms with E-state index in [2.05, 4.69) is 5.32 Å². The van der Waals surface area contributed by atoms with E-state index < -0.39 is 5.97 Å². The number of aliphatic carboxylic acids is 1. The predicted molar refractivity (Wildman–Crippen MR) is 74.1 cm³/mol. The van der Waals surface area contributed by atoms with Crippen LogP contribution in [0.4, 0.5) is 0 Å². The Morgan fingerprint density at radius 2 is 2.17 bits per heavy atom. The van der Waals surface area contributed by atoms with Crippen molar-refractivity contribution in [2.24, 2.45) is 11.8 Å². The molecule has 1 aliphatic rings. The number of carboxylic acids is 1. The zero-order chi connectivity index (χ0) is 13.0. The Balaban J connectivity index is 1.65. The first-order chi connectivity index (χ1) is 8.65. The highest BCUT2D eigenvalue weighted by Gasteiger charge is 2.25. The van der Waals surface area contributed by atoms with E-state index >= 15 is 0 Å². The number of carboxylic acid groups (broad SMARTS) is 1. The maximum absolute atomic E-state index is 10.8. The van der Waals surface area contributed by atoms with E-state index in [4.69, 9.17) is 16.7 Å². The topological polar surface area (TPSA) is 49.3 Å². The molecule has 0 spiro atoms. The SMILES string of the molecule is O=C(O)C1CCC(CNCc2cc(Cl)cs2)CC1. The van der Waals surface area contributed by atoms with Crippen molar-refractivity contribution in [2.75, 3.05) is 6.54 Å². The van der Waals surface area contributed by atoms with Gasteiger partial charge in [0.2, 0.25) is 0 Å². The third-order valence-corrected chi connectivity index (χ3v) is 4.83. The molecule has 1 aromatic rings. The monoisotopic (exact) mass is 287 g/mol. The Kier molecular flexibility index (Phi) is 5.03. The molecular weight excluding hydrogens is 270 g/mol. The van der Waals surface area contributed by atoms with Crippen molar-refractivity contribution >= 4 is 28.9 Å². The largest absolute Gasteiger partial charge is 0.481 e. The lowest BCUT2D eigenvalue weighted by atomic mass is 9.82. The molecule has 5 heteroatoms. The summed E-state index contributed by atoms with van der Waals surface area (Å²) in [5.74, 6) is -0.122. The lowest BCUT2D eigenvalue weighted by molar-refractivity contribution is -0.143. The predicted octanol–water partition coefficient (Wildman–Crippen LogP) is 3.38. The Morgan fingerprint density at radius 1 is 1.44 bits per heavy atom. The first kappa shape index (κ1) is 13.8. The fraction of sp³-hybridized carbons (Fsp3) is 0.615. The second-order valence-electron chi connectivity index (χ2n) is 4.92. The summed E-state index contributed by atoms with van der Waals surface area (Å²) < 4.78 is 0. The van der Waals surface area contributed by atoms with Gasteiger partial charge in [-0.3, -0.25) is 4.79 Å². The van der Waals surface area contributed by atoms with Gasteiger partial charge in [0.25, 0.3) is 0 Å². The van der Waals surface area contributed by atoms with Gasteiger partial charge in [-0.15, -0.1) is 11.3 Å². The van der Waals surface area contributed by atoms with Crippen molar-refractivity contribution in [1.29, 1.82) is 0 Å². The van der Waals surface area contributed by atoms with E-state index in [9.17, 15) is 4.79 Å². The summed E-state index contributed by atoms with van der Waals surface area (Å²) in [6.07, 6.45) is 3.70. The number of hydrogen-bond donors (Lipinski definition) is 2. The summed E-state index contributed by atoms with van der Waals surface area (Å²) in [6, 6.07) is 1.99. The van der Waals surface area contributed by atoms with Gasteiger partial charge in [-0.25, -0.2) is 0 Å². The summed E-state index contributed by atoms with van der Waals surface area (Å²) in [7, 11) is 0. The van der Waals surface area contributed by atoms with Gasteiger partial charge in [-0.1, -0.05) is 11.6 Å². The maximum atomic E-state index is 10.8. The Hall–Kier alpha value is -0.580. The molecule has 0 saturated heterocycles. The quantitative estimate of drug-likeness (QED) is 0.873. The van der Waals surface area contributed by atoms with Crippen LogP contribution in [0, 0.1) is 11.8 Å². The molecule has 0 aromatic carbocycles. The minimum absolute atomic E-state index is 0.114. The van der Waals surface area contributed by atoms with Crippen LogP contribution < -0.4 is 5.32 Å². The molecule has 1 fully saturated rings. The van der Waals surface area contributed by atoms with Gasteiger partial charge in [-0.05, 0) is 44.2 Å². The molecule has 0 aliphatic heterocycles. The van der Waals surface area contributed by atoms with E-state index in [1.807, 2.05) is 11.4 Å². The molecule has 18 heavy (non-hydrogen) atoms. The molecule has 0 atom stereocenters. The van der Waals surface area contributed by atoms with Crippen LogP contribution in [-0.4, -0.2) is 17.6 Å². The smallest absolute Gasteiger partial charge is 0.306 e. The van der Waals surface area contributed by atoms with Gasteiger partial charge in [-0.2, -0.15) is 0 Å². The first-order valence-corrected chi connectivity index (χ1v) is 7.57. The van der Waals surface area contributed by atoms with Gasteiger partial charge >= 0.3 is 5.97 Å². The standard InChI is InChI=1S/C13H18ClNO2S/c14-11-5-12(18-8-11)7-15-6-9-1-3-10(4-2-9)13(16)17/h5,8-10,15H,1-4,6-7H2,(H,16,17). The van der Waals surface area contributed by atoms with Crippen LogP contribution in [0.2, 0.25) is 5.02 Å². The Morgan fingerprint density at radius 3 is 2.72 bits per heavy atom. The average molecular weight is 288 g/mol. The van der Waals surface area contributed by atoms with Crippen molar-refractivity contribution in [3.05, 3.63) is 21.3 Å². The lowest BCUT2D eigenvalue weighted by Crippen LogP contribution is -2.28. The normalized spacial score (nSPS) is 24.1. The molecule has 1 aliphatic carbocycles. The van der Waals surface area contributed by atoms with E-state index in [-0.39, 0.29) is 5.92 Å². The number of halogens is 1. The van der Waals surface area contributed by atoms with Crippen LogP contribution in [0.25, 0.3) is 0 Å². The number of carbonyl (C=O) groups is 1. The number of rotatable bonds is 5. The summed E-state index contributed by atoms with van der Waals surface area (Å²) in [5.41, 5.74) is 0. The second-order valence-corrected chi connectivity index (χ2v) is 6.35. The van der Waals surface area contributed by atoms with Crippen molar-refractivity contribution in [1.82, 2.24) is 5.32 Å². The second kappa shape index (κ2) is 6.55. The zero-order valence-electron chi connectivity index (χ0n) is 10.2. The van der Waals surface area contributed by atoms with Crippen LogP contribution >= 0.6 is 22.9 Å². The minimum Gasteiger partial charge on any atom is -0.481 e. The van der Waals surface area contributed by atoms with Gasteiger partial charge in [0, 0.05) is 16.8 Å². The minimum atomic E-state index is -0.630. The molecule has 0 radical (unpaired) electrons. The van der Waals surface area contributed by atoms with E-state index in [1.165, 1.54) is 4.88 Å². The maximum Gasteiger partial charge on any atom is 0.306 e. The van der Waals surface area contributed by atoms with Crippen molar-refractivity contribution in [3.63, 3.8) is 0 Å². The van der Waals surface area contributed by atoms with E-state index in [0.29, 0.717) is 5.92 Å². The highest BCUT2D eigenvalue weighted by atomic mass is 35.5. The zero-order valence-corrected chi connectivity index (χ0v) is 11.8. The summed E-state index contributed by atoms with van der Waals surface area (Å²) >= 11 is 7.53. The average Bonchev–Trinajstić information content (AvgIpc) is 2.76. The molecule has 100 valence electrons. The van der Waals surface area contributed by atoms with Crippen molar-refractivity contribution in [2.45, 2.75) is 32.2 Å². The fourth-order valence-corrected chi connectivity index (χ4v) is 3.50. The third-order valence-electron chi connectivity index (χ3n) is 3.55. The molecule has 0 unspecified atom stereocenters. The van der Waals surface area contributed by atoms with Gasteiger partial charge in [0.1, 0.15) is 0 Å². The molecule has 1 aromatic heterocycles. The summed E-state index contributed by atoms with van der Waals surface area (Å²) in [4.78, 5) is 12.1. The van der Waals surface area contributed by atoms with Crippen molar-refractivity contribution in [3.8, 4) is 0 Å². The van der Waals surface area contributed by atoms with Crippen LogP contribution in [0.5, 0.6) is 0 Å². The molecule has 0 bridgehead atoms. The Labute approximate surface area is 116 Å². The van der Waals surface area contributed by atoms with E-state index in [0.717, 1.165) is 43.8 Å². The lowest BCUT2D eigenvalue weighted by Gasteiger charge is -2.26. The summed E-state index contributed by atoms with van der Waals surface area (Å²) in [5, 5.41) is 15.1. The fourth-order valence-electron chi connectivity index (χ4n) is 2.46. The third kappa shape index (κ3) is 3.97. The molecule has 3 nitrogen and oxygen atoms in total. The molecule has 2 N–H and O–H groups in total. The van der Waals surface area contributed by atoms with Crippen LogP contribution in [0.3, 0.4) is 0 Å². The first-order valence-electron chi connectivity index (χ1n) is 6.31.